The van der Waals surface area contributed by atoms with E-state index in [1.165, 1.54) is 6.07 Å². The quantitative estimate of drug-likeness (QED) is 0.274. The normalized spacial score (nSPS) is 15.2. The number of rotatable bonds is 8. The lowest BCUT2D eigenvalue weighted by atomic mass is 10.0. The van der Waals surface area contributed by atoms with E-state index < -0.39 is 37.9 Å². The molecular weight excluding hydrogens is 530 g/mol. The molecule has 2 amide bonds. The number of benzene rings is 1. The number of carbonyl (C=O) groups excluding carboxylic acids is 1. The fraction of sp³-hybridized carbons (Fsp3) is 0.593. The van der Waals surface area contributed by atoms with Crippen LogP contribution in [0, 0.1) is 5.82 Å². The Morgan fingerprint density at radius 3 is 2.49 bits per heavy atom. The van der Waals surface area contributed by atoms with Crippen LogP contribution in [0.3, 0.4) is 0 Å². The highest BCUT2D eigenvalue weighted by molar-refractivity contribution is 6.74. The predicted molar refractivity (Wildman–Crippen MR) is 145 cm³/mol. The van der Waals surface area contributed by atoms with Crippen molar-refractivity contribution in [3.8, 4) is 0 Å². The Balaban J connectivity index is 1.79. The summed E-state index contributed by atoms with van der Waals surface area (Å²) in [4.78, 5) is 23.8. The smallest absolute Gasteiger partial charge is 0.417 e. The molecule has 0 radical (unpaired) electrons. The van der Waals surface area contributed by atoms with E-state index >= 15 is 0 Å². The first-order valence-corrected chi connectivity index (χ1v) is 16.1. The van der Waals surface area contributed by atoms with Gasteiger partial charge in [0, 0.05) is 25.4 Å². The summed E-state index contributed by atoms with van der Waals surface area (Å²) in [7, 11) is -2.11. The van der Waals surface area contributed by atoms with Crippen molar-refractivity contribution in [2.24, 2.45) is 0 Å². The molecule has 2 aromatic rings. The summed E-state index contributed by atoms with van der Waals surface area (Å²) in [6.45, 7) is 15.4. The van der Waals surface area contributed by atoms with Crippen molar-refractivity contribution in [2.75, 3.05) is 18.5 Å². The van der Waals surface area contributed by atoms with Crippen LogP contribution in [0.4, 0.5) is 28.3 Å². The number of anilines is 1. The first-order valence-electron chi connectivity index (χ1n) is 13.2. The van der Waals surface area contributed by atoms with Gasteiger partial charge in [0.15, 0.2) is 8.32 Å². The fourth-order valence-corrected chi connectivity index (χ4v) is 5.05. The summed E-state index contributed by atoms with van der Waals surface area (Å²) >= 11 is 0. The number of aromatic nitrogens is 2. The topological polar surface area (TPSA) is 79.4 Å². The summed E-state index contributed by atoms with van der Waals surface area (Å²) in [5.41, 5.74) is 0.591. The van der Waals surface area contributed by atoms with E-state index in [9.17, 15) is 22.4 Å². The van der Waals surface area contributed by atoms with E-state index in [1.807, 2.05) is 13.8 Å². The molecule has 3 rings (SSSR count). The average molecular weight is 570 g/mol. The van der Waals surface area contributed by atoms with E-state index in [0.717, 1.165) is 23.4 Å². The van der Waals surface area contributed by atoms with Crippen LogP contribution < -0.4 is 10.6 Å². The molecule has 2 N–H and O–H groups in total. The Labute approximate surface area is 228 Å². The van der Waals surface area contributed by atoms with Crippen molar-refractivity contribution in [3.05, 3.63) is 52.6 Å². The van der Waals surface area contributed by atoms with Crippen molar-refractivity contribution < 1.29 is 26.8 Å². The third-order valence-electron chi connectivity index (χ3n) is 7.33. The molecule has 0 saturated carbocycles. The molecule has 1 aliphatic heterocycles. The van der Waals surface area contributed by atoms with E-state index in [0.29, 0.717) is 18.9 Å². The third kappa shape index (κ3) is 7.90. The minimum absolute atomic E-state index is 0.0431. The Hall–Kier alpha value is -2.73. The van der Waals surface area contributed by atoms with Crippen LogP contribution in [0.5, 0.6) is 0 Å². The van der Waals surface area contributed by atoms with Gasteiger partial charge in [-0.2, -0.15) is 13.2 Å². The monoisotopic (exact) mass is 569 g/mol. The van der Waals surface area contributed by atoms with Gasteiger partial charge in [0.2, 0.25) is 5.95 Å². The standard InChI is InChI=1S/C27H39F4N5O2Si/c1-17(2)33-24-32-15-19-10-12-36(16-23(19)34-24)25(37)35-22(11-13-38-39(6,7)26(3,4)5)18-8-9-20(21(28)14-18)27(29,30)31/h8-9,14-15,17,22H,10-13,16H2,1-7H3,(H,35,37)(H,32,33,34). The minimum Gasteiger partial charge on any atom is -0.417 e. The summed E-state index contributed by atoms with van der Waals surface area (Å²) in [5.74, 6) is -0.898. The molecule has 1 aliphatic rings. The van der Waals surface area contributed by atoms with Gasteiger partial charge in [0.05, 0.1) is 23.8 Å². The molecule has 39 heavy (non-hydrogen) atoms. The minimum atomic E-state index is -4.81. The highest BCUT2D eigenvalue weighted by atomic mass is 28.4. The van der Waals surface area contributed by atoms with Gasteiger partial charge in [-0.1, -0.05) is 26.8 Å². The van der Waals surface area contributed by atoms with Crippen LogP contribution in [-0.2, 0) is 23.6 Å². The molecule has 0 aliphatic carbocycles. The number of hydrogen-bond donors (Lipinski definition) is 2. The van der Waals surface area contributed by atoms with Gasteiger partial charge >= 0.3 is 12.2 Å². The van der Waals surface area contributed by atoms with Gasteiger partial charge in [-0.25, -0.2) is 19.2 Å². The van der Waals surface area contributed by atoms with Crippen LogP contribution >= 0.6 is 0 Å². The molecule has 1 unspecified atom stereocenters. The molecule has 12 heteroatoms. The second kappa shape index (κ2) is 11.8. The summed E-state index contributed by atoms with van der Waals surface area (Å²) < 4.78 is 60.2. The summed E-state index contributed by atoms with van der Waals surface area (Å²) in [6, 6.07) is 1.77. The third-order valence-corrected chi connectivity index (χ3v) is 11.9. The van der Waals surface area contributed by atoms with Gasteiger partial charge < -0.3 is 20.0 Å². The van der Waals surface area contributed by atoms with Gasteiger partial charge in [0.25, 0.3) is 0 Å². The maximum atomic E-state index is 14.5. The first kappa shape index (κ1) is 30.8. The summed E-state index contributed by atoms with van der Waals surface area (Å²) in [6.07, 6.45) is -2.20. The maximum absolute atomic E-state index is 14.5. The molecule has 1 atom stereocenters. The van der Waals surface area contributed by atoms with Gasteiger partial charge in [-0.15, -0.1) is 0 Å². The van der Waals surface area contributed by atoms with Crippen LogP contribution in [0.1, 0.15) is 69.5 Å². The second-order valence-corrected chi connectivity index (χ2v) is 16.6. The highest BCUT2D eigenvalue weighted by Gasteiger charge is 2.38. The number of amides is 2. The molecule has 0 saturated heterocycles. The van der Waals surface area contributed by atoms with Crippen LogP contribution in [-0.4, -0.2) is 48.4 Å². The number of nitrogens with zero attached hydrogens (tertiary/aromatic N) is 3. The zero-order chi connectivity index (χ0) is 29.2. The molecule has 1 aromatic heterocycles. The fourth-order valence-electron chi connectivity index (χ4n) is 3.99. The molecular formula is C27H39F4N5O2Si. The Bertz CT molecular complexity index is 1170. The predicted octanol–water partition coefficient (Wildman–Crippen LogP) is 6.68. The van der Waals surface area contributed by atoms with Crippen molar-refractivity contribution in [2.45, 2.75) is 90.4 Å². The van der Waals surface area contributed by atoms with Gasteiger partial charge in [-0.05, 0) is 68.1 Å². The Morgan fingerprint density at radius 1 is 1.21 bits per heavy atom. The average Bonchev–Trinajstić information content (AvgIpc) is 2.80. The summed E-state index contributed by atoms with van der Waals surface area (Å²) in [5, 5.41) is 6.01. The highest BCUT2D eigenvalue weighted by Crippen LogP contribution is 2.37. The maximum Gasteiger partial charge on any atom is 0.419 e. The zero-order valence-corrected chi connectivity index (χ0v) is 24.7. The number of urea groups is 1. The zero-order valence-electron chi connectivity index (χ0n) is 23.7. The number of halogens is 4. The lowest BCUT2D eigenvalue weighted by molar-refractivity contribution is -0.140. The number of alkyl halides is 3. The van der Waals surface area contributed by atoms with Crippen molar-refractivity contribution in [1.82, 2.24) is 20.2 Å². The van der Waals surface area contributed by atoms with Gasteiger partial charge in [0.1, 0.15) is 5.82 Å². The van der Waals surface area contributed by atoms with Crippen LogP contribution in [0.15, 0.2) is 24.4 Å². The molecule has 0 fully saturated rings. The molecule has 0 spiro atoms. The number of nitrogens with one attached hydrogen (secondary N) is 2. The van der Waals surface area contributed by atoms with Gasteiger partial charge in [-0.3, -0.25) is 0 Å². The molecule has 2 heterocycles. The van der Waals surface area contributed by atoms with E-state index in [4.69, 9.17) is 4.43 Å². The first-order chi connectivity index (χ1) is 18.0. The van der Waals surface area contributed by atoms with Crippen LogP contribution in [0.2, 0.25) is 18.1 Å². The van der Waals surface area contributed by atoms with E-state index in [1.54, 1.807) is 11.1 Å². The lowest BCUT2D eigenvalue weighted by Gasteiger charge is -2.36. The van der Waals surface area contributed by atoms with Crippen molar-refractivity contribution >= 4 is 20.3 Å². The van der Waals surface area contributed by atoms with E-state index in [-0.39, 0.29) is 36.2 Å². The van der Waals surface area contributed by atoms with Crippen molar-refractivity contribution in [1.29, 1.82) is 0 Å². The van der Waals surface area contributed by atoms with E-state index in [2.05, 4.69) is 54.5 Å². The SMILES string of the molecule is CC(C)Nc1ncc2c(n1)CN(C(=O)NC(CCO[Si](C)(C)C(C)(C)C)c1ccc(C(F)(F)F)c(F)c1)CC2. The molecule has 0 bridgehead atoms. The number of fused-ring (bicyclic) bond motifs is 1. The number of hydrogen-bond acceptors (Lipinski definition) is 5. The molecule has 1 aromatic carbocycles. The van der Waals surface area contributed by atoms with Crippen molar-refractivity contribution in [3.63, 3.8) is 0 Å². The lowest BCUT2D eigenvalue weighted by Crippen LogP contribution is -2.45. The van der Waals surface area contributed by atoms with Crippen LogP contribution in [0.25, 0.3) is 0 Å². The Kier molecular flexibility index (Phi) is 9.31. The molecule has 216 valence electrons. The Morgan fingerprint density at radius 2 is 1.90 bits per heavy atom. The second-order valence-electron chi connectivity index (χ2n) is 11.8. The number of carbonyl (C=O) groups is 1. The molecule has 7 nitrogen and oxygen atoms in total. The largest absolute Gasteiger partial charge is 0.419 e.